The lowest BCUT2D eigenvalue weighted by Gasteiger charge is -2.29. The van der Waals surface area contributed by atoms with Crippen LogP contribution in [0, 0.1) is 25.2 Å². The molecule has 33 N–H and O–H groups in total. The minimum atomic E-state index is -1.37. The van der Waals surface area contributed by atoms with Crippen molar-refractivity contribution in [3.05, 3.63) is 87.9 Å². The first-order chi connectivity index (χ1) is 63.7. The van der Waals surface area contributed by atoms with Gasteiger partial charge >= 0.3 is 23.0 Å². The zero-order valence-corrected chi connectivity index (χ0v) is 77.8. The molecule has 1 saturated heterocycles. The predicted molar refractivity (Wildman–Crippen MR) is 496 cm³/mol. The lowest BCUT2D eigenvalue weighted by molar-refractivity contribution is -0.143. The van der Waals surface area contributed by atoms with Gasteiger partial charge in [0, 0.05) is 107 Å². The molecule has 0 unspecified atom stereocenters. The quantitative estimate of drug-likeness (QED) is 0.0108. The summed E-state index contributed by atoms with van der Waals surface area (Å²) in [7, 11) is 2.22. The molecular formula is C80H135N31O21S2. The molecule has 0 bridgehead atoms. The Morgan fingerprint density at radius 1 is 0.500 bits per heavy atom. The van der Waals surface area contributed by atoms with E-state index in [0.29, 0.717) is 57.8 Å². The van der Waals surface area contributed by atoms with E-state index in [4.69, 9.17) is 57.0 Å². The largest absolute Gasteiger partial charge is 0.480 e. The highest BCUT2D eigenvalue weighted by molar-refractivity contribution is 8.76. The van der Waals surface area contributed by atoms with E-state index in [1.54, 1.807) is 13.8 Å². The second-order valence-corrected chi connectivity index (χ2v) is 34.8. The molecule has 0 spiro atoms. The van der Waals surface area contributed by atoms with Crippen LogP contribution in [0.2, 0.25) is 0 Å². The summed E-state index contributed by atoms with van der Waals surface area (Å²) in [5.74, 6) is -13.0. The summed E-state index contributed by atoms with van der Waals surface area (Å²) in [6, 6.07) is -9.99. The molecule has 54 heteroatoms. The van der Waals surface area contributed by atoms with Gasteiger partial charge in [0.1, 0.15) is 67.7 Å². The SMILES string of the molecule is Cc1cn(CC(=O)N(CCNC(=O)CN(CCNC(=O)CN(CCN)C(=O)Cn2ccc(N)nc2=O)C(=O)Cn2cc(C)c(=O)[nH]c2=O)CC(=O)NCCNC(=O)[C@@H](N)CSSC[C@H](N)C(=O)N2CCC[C@H]2C(=O)N[C@@H](CCCCN)C(=O)N[C@@H](CCCCN)C(=O)N[C@@H](CCCCN)C(=O)N[C@@H](CCCNC(=N)N)C(=O)N[C@@H](CCCCN)C(=O)N[C@H](C(=O)O)C(C)C)c(=O)[nH]c1=O. The van der Waals surface area contributed by atoms with Gasteiger partial charge in [-0.25, -0.2) is 19.2 Å². The van der Waals surface area contributed by atoms with Gasteiger partial charge in [-0.05, 0) is 155 Å². The third-order valence-corrected chi connectivity index (χ3v) is 23.5. The number of aliphatic carboxylic acids is 1. The third kappa shape index (κ3) is 41.1. The average molecular weight is 1930 g/mol. The summed E-state index contributed by atoms with van der Waals surface area (Å²) in [5.41, 5.74) is 48.7. The summed E-state index contributed by atoms with van der Waals surface area (Å²) in [5, 5.41) is 46.5. The van der Waals surface area contributed by atoms with Gasteiger partial charge in [-0.15, -0.1) is 0 Å². The molecule has 1 fully saturated rings. The molecule has 0 saturated carbocycles. The fourth-order valence-electron chi connectivity index (χ4n) is 13.5. The number of nitrogen functional groups attached to an aromatic ring is 1. The van der Waals surface area contributed by atoms with Gasteiger partial charge in [0.05, 0.1) is 31.7 Å². The monoisotopic (exact) mass is 1930 g/mol. The summed E-state index contributed by atoms with van der Waals surface area (Å²) in [6.45, 7) is 1.10. The summed E-state index contributed by atoms with van der Waals surface area (Å²) < 4.78 is 2.74. The van der Waals surface area contributed by atoms with Crippen molar-refractivity contribution in [3.8, 4) is 0 Å². The molecule has 134 heavy (non-hydrogen) atoms. The van der Waals surface area contributed by atoms with E-state index in [-0.39, 0.29) is 158 Å². The van der Waals surface area contributed by atoms with Crippen LogP contribution in [0.1, 0.15) is 128 Å². The number of guanidine groups is 1. The van der Waals surface area contributed by atoms with E-state index < -0.39 is 230 Å². The Bertz CT molecular complexity index is 4760. The number of hydrogen-bond donors (Lipinski definition) is 24. The third-order valence-electron chi connectivity index (χ3n) is 21.0. The molecule has 3 aromatic heterocycles. The van der Waals surface area contributed by atoms with E-state index in [0.717, 1.165) is 62.4 Å². The van der Waals surface area contributed by atoms with Gasteiger partial charge in [-0.2, -0.15) is 4.98 Å². The van der Waals surface area contributed by atoms with Gasteiger partial charge in [0.25, 0.3) is 11.1 Å². The van der Waals surface area contributed by atoms with Crippen LogP contribution < -0.4 is 138 Å². The lowest BCUT2D eigenvalue weighted by atomic mass is 10.0. The van der Waals surface area contributed by atoms with Crippen LogP contribution in [0.25, 0.3) is 0 Å². The number of nitrogens with zero attached hydrogens (tertiary/aromatic N) is 8. The average Bonchev–Trinajstić information content (AvgIpc) is 1.67. The standard InChI is InChI=1S/C80H135N31O21S2/c1-47(2)65(76(128)129)102-73(125)55(18-8-12-25-84)98-72(124)56(19-13-27-95-77(89)90)99-70(122)53(16-6-10-23-82)96-69(121)52(15-5-9-22-81)97-71(123)54(17-7-11-24-83)100-74(126)57-20-14-32-111(57)75(127)51(87)46-134-133-45-50(86)68(120)94-29-28-91-59(112)40-106(63(116)43-109-37-48(3)66(118)103-79(109)131)35-31-93-61(114)41-107(64(117)44-110-38-49(4)67(119)104-80(110)132)36-30-92-60(113)39-105(34-26-85)62(115)42-108-33-21-58(88)101-78(108)130/h21,33,37-38,47,50-57,65H,5-20,22-32,34-36,39-46,81-87H2,1-4H3,(H,91,112)(H,92,113)(H,93,114)(H,94,120)(H,96,121)(H,97,123)(H,98,124)(H,99,122)(H,100,126)(H,102,125)(H,128,129)(H2,88,101,130)(H4,89,90,95)(H,103,118,131)(H,104,119,132)/t50-,51-,52-,53-,54-,55-,56-,57-,65-/m0/s1. The Morgan fingerprint density at radius 2 is 0.888 bits per heavy atom. The van der Waals surface area contributed by atoms with Crippen molar-refractivity contribution >= 4 is 122 Å². The number of amides is 14. The fourth-order valence-corrected chi connectivity index (χ4v) is 15.8. The van der Waals surface area contributed by atoms with Crippen LogP contribution >= 0.6 is 21.6 Å². The van der Waals surface area contributed by atoms with Crippen LogP contribution in [0.15, 0.2) is 48.6 Å². The highest BCUT2D eigenvalue weighted by Crippen LogP contribution is 2.25. The first-order valence-corrected chi connectivity index (χ1v) is 46.7. The molecule has 0 aliphatic carbocycles. The molecule has 4 heterocycles. The number of nitrogens with one attached hydrogen (secondary N) is 14. The number of aryl methyl sites for hydroxylation is 2. The van der Waals surface area contributed by atoms with Crippen LogP contribution in [0.5, 0.6) is 0 Å². The highest BCUT2D eigenvalue weighted by atomic mass is 33.1. The van der Waals surface area contributed by atoms with Gasteiger partial charge < -0.3 is 135 Å². The maximum Gasteiger partial charge on any atom is 0.349 e. The number of carboxylic acid groups (broad SMARTS) is 1. The summed E-state index contributed by atoms with van der Waals surface area (Å²) in [4.78, 5) is 281. The zero-order valence-electron chi connectivity index (χ0n) is 76.2. The van der Waals surface area contributed by atoms with Crippen molar-refractivity contribution in [1.29, 1.82) is 5.41 Å². The van der Waals surface area contributed by atoms with E-state index in [9.17, 15) is 101 Å². The number of unbranched alkanes of at least 4 members (excludes halogenated alkanes) is 4. The fraction of sp³-hybridized carbons (Fsp3) is 0.650. The number of H-pyrrole nitrogens is 2. The number of carboxylic acids is 1. The van der Waals surface area contributed by atoms with Gasteiger partial charge in [-0.1, -0.05) is 35.4 Å². The Balaban J connectivity index is 1.38. The number of likely N-dealkylation sites (tertiary alicyclic amines) is 1. The smallest absolute Gasteiger partial charge is 0.349 e. The maximum atomic E-state index is 14.6. The van der Waals surface area contributed by atoms with Gasteiger partial charge in [-0.3, -0.25) is 106 Å². The van der Waals surface area contributed by atoms with E-state index >= 15 is 0 Å². The van der Waals surface area contributed by atoms with Crippen molar-refractivity contribution < 1.29 is 77.0 Å². The van der Waals surface area contributed by atoms with Crippen LogP contribution in [-0.4, -0.2) is 325 Å². The number of aromatic amines is 2. The molecule has 52 nitrogen and oxygen atoms in total. The minimum absolute atomic E-state index is 0.00114. The van der Waals surface area contributed by atoms with Crippen molar-refractivity contribution in [2.24, 2.45) is 51.8 Å². The number of carbonyl (C=O) groups excluding carboxylic acids is 14. The van der Waals surface area contributed by atoms with E-state index in [1.165, 1.54) is 31.0 Å². The van der Waals surface area contributed by atoms with Crippen molar-refractivity contribution in [1.82, 2.24) is 107 Å². The van der Waals surface area contributed by atoms with Gasteiger partial charge in [0.15, 0.2) is 5.96 Å². The van der Waals surface area contributed by atoms with Crippen LogP contribution in [-0.2, 0) is 91.6 Å². The molecule has 0 aromatic carbocycles. The highest BCUT2D eigenvalue weighted by Gasteiger charge is 2.40. The maximum absolute atomic E-state index is 14.6. The predicted octanol–water partition coefficient (Wildman–Crippen LogP) is -11.1. The molecule has 1 aliphatic heterocycles. The number of anilines is 1. The topological polar surface area (TPSA) is 824 Å². The molecule has 1 aliphatic rings. The first-order valence-electron chi connectivity index (χ1n) is 44.2. The molecule has 4 rings (SSSR count). The molecule has 0 radical (unpaired) electrons. The Morgan fingerprint density at radius 3 is 1.29 bits per heavy atom. The summed E-state index contributed by atoms with van der Waals surface area (Å²) >= 11 is 0. The Hall–Kier alpha value is -12.2. The second kappa shape index (κ2) is 60.8. The number of hydrogen-bond acceptors (Lipinski definition) is 32. The first kappa shape index (κ1) is 114. The zero-order chi connectivity index (χ0) is 99.7. The second-order valence-electron chi connectivity index (χ2n) is 32.2. The van der Waals surface area contributed by atoms with Crippen molar-refractivity contribution in [2.45, 2.75) is 204 Å². The molecular weight excluding hydrogens is 1800 g/mol. The molecule has 3 aromatic rings. The van der Waals surface area contributed by atoms with Crippen molar-refractivity contribution in [3.63, 3.8) is 0 Å². The molecule has 748 valence electrons. The van der Waals surface area contributed by atoms with Crippen LogP contribution in [0.4, 0.5) is 5.82 Å². The van der Waals surface area contributed by atoms with Crippen LogP contribution in [0.3, 0.4) is 0 Å². The number of carbonyl (C=O) groups is 15. The summed E-state index contributed by atoms with van der Waals surface area (Å²) in [6.07, 6.45) is 7.28. The minimum Gasteiger partial charge on any atom is -0.480 e. The number of rotatable bonds is 64. The van der Waals surface area contributed by atoms with Gasteiger partial charge in [0.2, 0.25) is 82.7 Å². The lowest BCUT2D eigenvalue weighted by Crippen LogP contribution is -2.60. The molecule has 14 amide bonds. The van der Waals surface area contributed by atoms with Crippen molar-refractivity contribution in [2.75, 3.05) is 129 Å². The van der Waals surface area contributed by atoms with E-state index in [1.807, 2.05) is 0 Å². The Labute approximate surface area is 780 Å². The Kier molecular flexibility index (Phi) is 51.8. The number of nitrogens with two attached hydrogens (primary N) is 9. The molecule has 9 atom stereocenters. The number of aromatic nitrogens is 6. The normalized spacial score (nSPS) is 14.1. The van der Waals surface area contributed by atoms with E-state index in [2.05, 4.69) is 73.4 Å².